The van der Waals surface area contributed by atoms with Gasteiger partial charge >= 0.3 is 6.18 Å². The van der Waals surface area contributed by atoms with Gasteiger partial charge in [-0.25, -0.2) is 8.42 Å². The van der Waals surface area contributed by atoms with Crippen molar-refractivity contribution in [3.8, 4) is 0 Å². The number of nitrogens with one attached hydrogen (secondary N) is 2. The summed E-state index contributed by atoms with van der Waals surface area (Å²) in [7, 11) is -4.18. The van der Waals surface area contributed by atoms with E-state index in [1.807, 2.05) is 13.8 Å². The van der Waals surface area contributed by atoms with Crippen LogP contribution in [-0.4, -0.2) is 45.4 Å². The van der Waals surface area contributed by atoms with E-state index in [4.69, 9.17) is 0 Å². The largest absolute Gasteiger partial charge is 0.416 e. The summed E-state index contributed by atoms with van der Waals surface area (Å²) in [4.78, 5) is 14.2. The first-order chi connectivity index (χ1) is 14.1. The van der Waals surface area contributed by atoms with Crippen molar-refractivity contribution in [2.75, 3.05) is 30.9 Å². The maximum Gasteiger partial charge on any atom is 0.416 e. The lowest BCUT2D eigenvalue weighted by Gasteiger charge is -2.18. The van der Waals surface area contributed by atoms with Crippen molar-refractivity contribution in [2.24, 2.45) is 0 Å². The highest BCUT2D eigenvalue weighted by atomic mass is 32.2. The predicted octanol–water partition coefficient (Wildman–Crippen LogP) is 3.58. The van der Waals surface area contributed by atoms with Crippen LogP contribution >= 0.6 is 0 Å². The summed E-state index contributed by atoms with van der Waals surface area (Å²) in [6.07, 6.45) is -4.59. The van der Waals surface area contributed by atoms with Crippen LogP contribution < -0.4 is 10.0 Å². The fraction of sp³-hybridized carbons (Fsp3) is 0.350. The summed E-state index contributed by atoms with van der Waals surface area (Å²) in [5.74, 6) is -0.432. The van der Waals surface area contributed by atoms with Crippen LogP contribution in [0.4, 0.5) is 18.9 Å². The molecular formula is C20H24F3N3O3S. The number of hydrogen-bond acceptors (Lipinski definition) is 4. The molecule has 1 amide bonds. The van der Waals surface area contributed by atoms with Crippen LogP contribution in [0.3, 0.4) is 0 Å². The van der Waals surface area contributed by atoms with Crippen LogP contribution in [-0.2, 0) is 16.2 Å². The van der Waals surface area contributed by atoms with Crippen LogP contribution in [0.5, 0.6) is 0 Å². The van der Waals surface area contributed by atoms with Gasteiger partial charge in [0.15, 0.2) is 0 Å². The number of likely N-dealkylation sites (N-methyl/N-ethyl adjacent to an activating group) is 1. The molecule has 2 rings (SSSR count). The van der Waals surface area contributed by atoms with Crippen LogP contribution in [0, 0.1) is 0 Å². The van der Waals surface area contributed by atoms with Gasteiger partial charge in [-0.05, 0) is 49.5 Å². The van der Waals surface area contributed by atoms with E-state index in [-0.39, 0.29) is 16.1 Å². The highest BCUT2D eigenvalue weighted by Crippen LogP contribution is 2.31. The minimum atomic E-state index is -4.59. The van der Waals surface area contributed by atoms with Gasteiger partial charge in [0.25, 0.3) is 15.9 Å². The molecule has 0 spiro atoms. The molecule has 30 heavy (non-hydrogen) atoms. The summed E-state index contributed by atoms with van der Waals surface area (Å²) in [6, 6.07) is 9.21. The molecule has 2 aromatic rings. The number of carbonyl (C=O) groups excluding carboxylic acids is 1. The van der Waals surface area contributed by atoms with E-state index < -0.39 is 27.7 Å². The molecule has 0 saturated carbocycles. The van der Waals surface area contributed by atoms with Crippen LogP contribution in [0.1, 0.15) is 29.8 Å². The third-order valence-corrected chi connectivity index (χ3v) is 5.84. The topological polar surface area (TPSA) is 78.5 Å². The number of alkyl halides is 3. The van der Waals surface area contributed by atoms with Gasteiger partial charge in [0, 0.05) is 24.3 Å². The van der Waals surface area contributed by atoms with Crippen molar-refractivity contribution in [1.29, 1.82) is 0 Å². The molecule has 0 aliphatic rings. The van der Waals surface area contributed by atoms with Gasteiger partial charge in [0.05, 0.1) is 10.5 Å². The van der Waals surface area contributed by atoms with Gasteiger partial charge < -0.3 is 10.2 Å². The fourth-order valence-corrected chi connectivity index (χ4v) is 3.84. The normalized spacial score (nSPS) is 12.1. The number of sulfonamides is 1. The van der Waals surface area contributed by atoms with Crippen LogP contribution in [0.2, 0.25) is 0 Å². The van der Waals surface area contributed by atoms with E-state index in [0.717, 1.165) is 25.2 Å². The molecule has 0 bridgehead atoms. The summed E-state index contributed by atoms with van der Waals surface area (Å²) < 4.78 is 65.8. The number of carbonyl (C=O) groups is 1. The lowest BCUT2D eigenvalue weighted by atomic mass is 10.2. The molecule has 10 heteroatoms. The van der Waals surface area contributed by atoms with Crippen LogP contribution in [0.25, 0.3) is 0 Å². The molecular weight excluding hydrogens is 419 g/mol. The first-order valence-corrected chi connectivity index (χ1v) is 10.9. The molecule has 2 N–H and O–H groups in total. The van der Waals surface area contributed by atoms with Gasteiger partial charge in [-0.2, -0.15) is 13.2 Å². The van der Waals surface area contributed by atoms with E-state index in [9.17, 15) is 26.4 Å². The van der Waals surface area contributed by atoms with Gasteiger partial charge in [0.2, 0.25) is 0 Å². The third kappa shape index (κ3) is 6.46. The van der Waals surface area contributed by atoms with Crippen molar-refractivity contribution in [1.82, 2.24) is 10.2 Å². The van der Waals surface area contributed by atoms with E-state index in [1.165, 1.54) is 30.3 Å². The van der Waals surface area contributed by atoms with Crippen molar-refractivity contribution < 1.29 is 26.4 Å². The standard InChI is InChI=1S/C20H24F3N3O3S/c1-3-26(4-2)12-11-24-19(27)15-7-5-10-18(13-15)30(28,29)25-17-9-6-8-16(14-17)20(21,22)23/h5-10,13-14,25H,3-4,11-12H2,1-2H3,(H,24,27). The number of halogens is 3. The first kappa shape index (κ1) is 23.7. The minimum absolute atomic E-state index is 0.140. The molecule has 0 aliphatic carbocycles. The average Bonchev–Trinajstić information content (AvgIpc) is 2.70. The average molecular weight is 443 g/mol. The SMILES string of the molecule is CCN(CC)CCNC(=O)c1cccc(S(=O)(=O)Nc2cccc(C(F)(F)F)c2)c1. The van der Waals surface area contributed by atoms with Crippen molar-refractivity contribution in [3.05, 3.63) is 59.7 Å². The first-order valence-electron chi connectivity index (χ1n) is 9.37. The predicted molar refractivity (Wildman–Crippen MR) is 109 cm³/mol. The van der Waals surface area contributed by atoms with Gasteiger partial charge in [0.1, 0.15) is 0 Å². The number of amides is 1. The highest BCUT2D eigenvalue weighted by Gasteiger charge is 2.30. The summed E-state index contributed by atoms with van der Waals surface area (Å²) >= 11 is 0. The Kier molecular flexibility index (Phi) is 7.85. The lowest BCUT2D eigenvalue weighted by molar-refractivity contribution is -0.137. The molecule has 0 radical (unpaired) electrons. The van der Waals surface area contributed by atoms with Crippen molar-refractivity contribution in [3.63, 3.8) is 0 Å². The Morgan fingerprint density at radius 2 is 1.70 bits per heavy atom. The second-order valence-electron chi connectivity index (χ2n) is 6.49. The maximum atomic E-state index is 12.8. The molecule has 0 heterocycles. The molecule has 0 unspecified atom stereocenters. The maximum absolute atomic E-state index is 12.8. The molecule has 0 saturated heterocycles. The van der Waals surface area contributed by atoms with Crippen molar-refractivity contribution in [2.45, 2.75) is 24.9 Å². The Hall–Kier alpha value is -2.59. The summed E-state index contributed by atoms with van der Waals surface area (Å²) in [5, 5.41) is 2.73. The molecule has 164 valence electrons. The fourth-order valence-electron chi connectivity index (χ4n) is 2.75. The van der Waals surface area contributed by atoms with Gasteiger partial charge in [-0.3, -0.25) is 9.52 Å². The molecule has 6 nitrogen and oxygen atoms in total. The number of anilines is 1. The third-order valence-electron chi connectivity index (χ3n) is 4.46. The number of rotatable bonds is 9. The van der Waals surface area contributed by atoms with Crippen molar-refractivity contribution >= 4 is 21.6 Å². The Morgan fingerprint density at radius 3 is 2.33 bits per heavy atom. The monoisotopic (exact) mass is 443 g/mol. The van der Waals surface area contributed by atoms with Gasteiger partial charge in [-0.15, -0.1) is 0 Å². The smallest absolute Gasteiger partial charge is 0.351 e. The number of nitrogens with zero attached hydrogens (tertiary/aromatic N) is 1. The zero-order valence-corrected chi connectivity index (χ0v) is 17.5. The lowest BCUT2D eigenvalue weighted by Crippen LogP contribution is -2.34. The Labute approximate surface area is 174 Å². The zero-order valence-electron chi connectivity index (χ0n) is 16.7. The second kappa shape index (κ2) is 9.94. The van der Waals surface area contributed by atoms with E-state index >= 15 is 0 Å². The number of benzene rings is 2. The molecule has 0 aromatic heterocycles. The van der Waals surface area contributed by atoms with E-state index in [1.54, 1.807) is 0 Å². The highest BCUT2D eigenvalue weighted by molar-refractivity contribution is 7.92. The quantitative estimate of drug-likeness (QED) is 0.621. The van der Waals surface area contributed by atoms with Crippen LogP contribution in [0.15, 0.2) is 53.4 Å². The molecule has 2 aromatic carbocycles. The second-order valence-corrected chi connectivity index (χ2v) is 8.18. The zero-order chi connectivity index (χ0) is 22.4. The van der Waals surface area contributed by atoms with Gasteiger partial charge in [-0.1, -0.05) is 26.0 Å². The molecule has 0 fully saturated rings. The number of hydrogen-bond donors (Lipinski definition) is 2. The Morgan fingerprint density at radius 1 is 1.03 bits per heavy atom. The Bertz CT molecular complexity index is 975. The summed E-state index contributed by atoms with van der Waals surface area (Å²) in [6.45, 7) is 6.78. The van der Waals surface area contributed by atoms with E-state index in [0.29, 0.717) is 19.2 Å². The van der Waals surface area contributed by atoms with E-state index in [2.05, 4.69) is 14.9 Å². The minimum Gasteiger partial charge on any atom is -0.351 e. The summed E-state index contributed by atoms with van der Waals surface area (Å²) in [5.41, 5.74) is -1.05. The molecule has 0 aliphatic heterocycles. The Balaban J connectivity index is 2.13. The molecule has 0 atom stereocenters.